The zero-order chi connectivity index (χ0) is 20.4. The van der Waals surface area contributed by atoms with E-state index in [1.807, 2.05) is 33.8 Å². The van der Waals surface area contributed by atoms with Crippen LogP contribution in [-0.4, -0.2) is 27.1 Å². The van der Waals surface area contributed by atoms with Crippen LogP contribution in [0.3, 0.4) is 0 Å². The average Bonchev–Trinajstić information content (AvgIpc) is 2.55. The fraction of sp³-hybridized carbons (Fsp3) is 0.350. The lowest BCUT2D eigenvalue weighted by molar-refractivity contribution is -0.120. The van der Waals surface area contributed by atoms with Crippen LogP contribution in [-0.2, 0) is 14.8 Å². The summed E-state index contributed by atoms with van der Waals surface area (Å²) in [6.07, 6.45) is 0.948. The number of amides is 1. The van der Waals surface area contributed by atoms with Crippen LogP contribution in [0.15, 0.2) is 36.4 Å². The van der Waals surface area contributed by atoms with Crippen molar-refractivity contribution < 1.29 is 17.6 Å². The molecule has 27 heavy (non-hydrogen) atoms. The predicted octanol–water partition coefficient (Wildman–Crippen LogP) is 3.39. The van der Waals surface area contributed by atoms with Crippen molar-refractivity contribution in [1.82, 2.24) is 5.32 Å². The van der Waals surface area contributed by atoms with Crippen LogP contribution in [0, 0.1) is 26.6 Å². The van der Waals surface area contributed by atoms with Gasteiger partial charge < -0.3 is 5.32 Å². The number of nitrogens with zero attached hydrogens (tertiary/aromatic N) is 1. The van der Waals surface area contributed by atoms with E-state index in [-0.39, 0.29) is 11.7 Å². The molecular formula is C20H25FN2O3S. The summed E-state index contributed by atoms with van der Waals surface area (Å²) in [6, 6.07) is 9.24. The van der Waals surface area contributed by atoms with E-state index in [0.717, 1.165) is 38.9 Å². The van der Waals surface area contributed by atoms with Gasteiger partial charge in [-0.1, -0.05) is 24.3 Å². The Labute approximate surface area is 160 Å². The first-order valence-corrected chi connectivity index (χ1v) is 10.4. The molecule has 0 spiro atoms. The number of halogens is 1. The average molecular weight is 392 g/mol. The number of rotatable bonds is 6. The second kappa shape index (κ2) is 8.08. The Bertz CT molecular complexity index is 958. The zero-order valence-corrected chi connectivity index (χ0v) is 17.0. The molecule has 2 aromatic carbocycles. The molecule has 0 radical (unpaired) electrons. The smallest absolute Gasteiger partial charge is 0.241 e. The molecule has 1 amide bonds. The second-order valence-corrected chi connectivity index (χ2v) is 8.71. The monoisotopic (exact) mass is 392 g/mol. The minimum atomic E-state index is -3.82. The second-order valence-electron chi connectivity index (χ2n) is 6.80. The van der Waals surface area contributed by atoms with Gasteiger partial charge in [-0.15, -0.1) is 0 Å². The number of carbonyl (C=O) groups is 1. The highest BCUT2D eigenvalue weighted by atomic mass is 32.2. The normalized spacial score (nSPS) is 12.5. The first-order chi connectivity index (χ1) is 12.5. The van der Waals surface area contributed by atoms with Gasteiger partial charge in [0.2, 0.25) is 15.9 Å². The van der Waals surface area contributed by atoms with Gasteiger partial charge in [0.25, 0.3) is 0 Å². The Morgan fingerprint density at radius 1 is 1.11 bits per heavy atom. The molecule has 1 N–H and O–H groups in total. The fourth-order valence-electron chi connectivity index (χ4n) is 2.98. The van der Waals surface area contributed by atoms with Crippen LogP contribution >= 0.6 is 0 Å². The molecule has 0 unspecified atom stereocenters. The Balaban J connectivity index is 2.22. The summed E-state index contributed by atoms with van der Waals surface area (Å²) in [5, 5.41) is 2.81. The Kier molecular flexibility index (Phi) is 6.26. The Hall–Kier alpha value is -2.41. The molecule has 0 aliphatic heterocycles. The van der Waals surface area contributed by atoms with Crippen molar-refractivity contribution in [2.24, 2.45) is 0 Å². The van der Waals surface area contributed by atoms with Gasteiger partial charge in [-0.2, -0.15) is 0 Å². The van der Waals surface area contributed by atoms with Gasteiger partial charge in [0.1, 0.15) is 12.4 Å². The fourth-order valence-corrected chi connectivity index (χ4v) is 3.84. The molecule has 0 aromatic heterocycles. The van der Waals surface area contributed by atoms with Crippen LogP contribution in [0.25, 0.3) is 0 Å². The predicted molar refractivity (Wildman–Crippen MR) is 106 cm³/mol. The lowest BCUT2D eigenvalue weighted by atomic mass is 9.96. The van der Waals surface area contributed by atoms with Crippen LogP contribution in [0.2, 0.25) is 0 Å². The number of sulfonamides is 1. The number of nitrogens with one attached hydrogen (secondary N) is 1. The molecule has 2 aromatic rings. The van der Waals surface area contributed by atoms with Crippen LogP contribution < -0.4 is 9.62 Å². The molecule has 0 heterocycles. The molecule has 0 saturated carbocycles. The Morgan fingerprint density at radius 2 is 1.70 bits per heavy atom. The summed E-state index contributed by atoms with van der Waals surface area (Å²) in [6.45, 7) is 7.33. The third-order valence-electron chi connectivity index (χ3n) is 4.54. The van der Waals surface area contributed by atoms with Gasteiger partial charge in [0, 0.05) is 0 Å². The van der Waals surface area contributed by atoms with Gasteiger partial charge in [-0.3, -0.25) is 9.10 Å². The van der Waals surface area contributed by atoms with E-state index >= 15 is 0 Å². The molecule has 2 rings (SSSR count). The third-order valence-corrected chi connectivity index (χ3v) is 5.66. The maximum atomic E-state index is 14.0. The van der Waals surface area contributed by atoms with Crippen molar-refractivity contribution in [3.05, 3.63) is 64.5 Å². The maximum Gasteiger partial charge on any atom is 0.241 e. The van der Waals surface area contributed by atoms with Gasteiger partial charge in [-0.05, 0) is 62.1 Å². The highest BCUT2D eigenvalue weighted by Gasteiger charge is 2.24. The van der Waals surface area contributed by atoms with Crippen molar-refractivity contribution in [2.45, 2.75) is 33.7 Å². The maximum absolute atomic E-state index is 14.0. The number of hydrogen-bond acceptors (Lipinski definition) is 3. The number of carbonyl (C=O) groups excluding carboxylic acids is 1. The molecule has 0 saturated heterocycles. The van der Waals surface area contributed by atoms with Crippen molar-refractivity contribution in [3.63, 3.8) is 0 Å². The largest absolute Gasteiger partial charge is 0.348 e. The highest BCUT2D eigenvalue weighted by molar-refractivity contribution is 7.92. The number of anilines is 1. The first kappa shape index (κ1) is 20.9. The van der Waals surface area contributed by atoms with E-state index in [0.29, 0.717) is 0 Å². The highest BCUT2D eigenvalue weighted by Crippen LogP contribution is 2.23. The van der Waals surface area contributed by atoms with E-state index in [2.05, 4.69) is 11.4 Å². The topological polar surface area (TPSA) is 66.5 Å². The summed E-state index contributed by atoms with van der Waals surface area (Å²) in [5.41, 5.74) is 4.13. The lowest BCUT2D eigenvalue weighted by Gasteiger charge is -2.24. The molecule has 7 heteroatoms. The minimum absolute atomic E-state index is 0.148. The first-order valence-electron chi connectivity index (χ1n) is 8.60. The lowest BCUT2D eigenvalue weighted by Crippen LogP contribution is -2.41. The summed E-state index contributed by atoms with van der Waals surface area (Å²) in [7, 11) is -3.82. The van der Waals surface area contributed by atoms with E-state index in [1.54, 1.807) is 0 Å². The summed E-state index contributed by atoms with van der Waals surface area (Å²) in [5.74, 6) is -1.21. The van der Waals surface area contributed by atoms with Crippen molar-refractivity contribution in [3.8, 4) is 0 Å². The number of benzene rings is 2. The van der Waals surface area contributed by atoms with Crippen LogP contribution in [0.4, 0.5) is 10.1 Å². The van der Waals surface area contributed by atoms with Crippen LogP contribution in [0.1, 0.15) is 35.2 Å². The molecule has 0 aliphatic rings. The standard InChI is InChI=1S/C20H25FN2O3S/c1-13-10-15(3)17(11-14(13)2)16(4)22-20(24)12-23(27(5,25)26)19-9-7-6-8-18(19)21/h6-11,16H,12H2,1-5H3,(H,22,24)/t16-/m0/s1. The van der Waals surface area contributed by atoms with E-state index in [4.69, 9.17) is 0 Å². The molecular weight excluding hydrogens is 367 g/mol. The minimum Gasteiger partial charge on any atom is -0.348 e. The zero-order valence-electron chi connectivity index (χ0n) is 16.2. The Morgan fingerprint density at radius 3 is 2.30 bits per heavy atom. The molecule has 5 nitrogen and oxygen atoms in total. The van der Waals surface area contributed by atoms with Crippen LogP contribution in [0.5, 0.6) is 0 Å². The van der Waals surface area contributed by atoms with Gasteiger partial charge >= 0.3 is 0 Å². The molecule has 146 valence electrons. The van der Waals surface area contributed by atoms with E-state index in [9.17, 15) is 17.6 Å². The van der Waals surface area contributed by atoms with Gasteiger partial charge in [0.05, 0.1) is 18.0 Å². The van der Waals surface area contributed by atoms with Crippen molar-refractivity contribution >= 4 is 21.6 Å². The van der Waals surface area contributed by atoms with E-state index < -0.39 is 28.3 Å². The van der Waals surface area contributed by atoms with Crippen molar-refractivity contribution in [1.29, 1.82) is 0 Å². The quantitative estimate of drug-likeness (QED) is 0.819. The molecule has 0 aliphatic carbocycles. The van der Waals surface area contributed by atoms with Crippen molar-refractivity contribution in [2.75, 3.05) is 17.1 Å². The number of para-hydroxylation sites is 1. The summed E-state index contributed by atoms with van der Waals surface area (Å²) >= 11 is 0. The number of aryl methyl sites for hydroxylation is 3. The molecule has 0 bridgehead atoms. The summed E-state index contributed by atoms with van der Waals surface area (Å²) < 4.78 is 39.0. The summed E-state index contributed by atoms with van der Waals surface area (Å²) in [4.78, 5) is 12.5. The third kappa shape index (κ3) is 5.07. The molecule has 1 atom stereocenters. The molecule has 0 fully saturated rings. The van der Waals surface area contributed by atoms with E-state index in [1.165, 1.54) is 18.2 Å². The van der Waals surface area contributed by atoms with Gasteiger partial charge in [0.15, 0.2) is 0 Å². The van der Waals surface area contributed by atoms with Gasteiger partial charge in [-0.25, -0.2) is 12.8 Å². The number of hydrogen-bond donors (Lipinski definition) is 1. The SMILES string of the molecule is Cc1cc(C)c([C@H](C)NC(=O)CN(c2ccccc2F)S(C)(=O)=O)cc1C.